The highest BCUT2D eigenvalue weighted by Gasteiger charge is 2.20. The first-order chi connectivity index (χ1) is 7.29. The van der Waals surface area contributed by atoms with Crippen LogP contribution in [0.4, 0.5) is 0 Å². The van der Waals surface area contributed by atoms with Crippen molar-refractivity contribution in [1.82, 2.24) is 9.97 Å². The summed E-state index contributed by atoms with van der Waals surface area (Å²) in [6.45, 7) is 2.11. The van der Waals surface area contributed by atoms with Gasteiger partial charge < -0.3 is 0 Å². The first-order valence-corrected chi connectivity index (χ1v) is 7.16. The Hall–Kier alpha value is -0.610. The van der Waals surface area contributed by atoms with Crippen molar-refractivity contribution in [3.63, 3.8) is 0 Å². The van der Waals surface area contributed by atoms with Crippen LogP contribution in [0.5, 0.6) is 0 Å². The highest BCUT2D eigenvalue weighted by molar-refractivity contribution is 7.98. The van der Waals surface area contributed by atoms with Crippen molar-refractivity contribution in [2.45, 2.75) is 31.3 Å². The SMILES string of the molecule is CSc1nc(C)c2c3c(sc2n1)CCC3. The van der Waals surface area contributed by atoms with Gasteiger partial charge in [-0.2, -0.15) is 0 Å². The number of aromatic nitrogens is 2. The fraction of sp³-hybridized carbons (Fsp3) is 0.455. The maximum atomic E-state index is 4.59. The normalized spacial score (nSPS) is 14.8. The smallest absolute Gasteiger partial charge is 0.188 e. The summed E-state index contributed by atoms with van der Waals surface area (Å²) in [5.74, 6) is 0. The molecule has 4 heteroatoms. The van der Waals surface area contributed by atoms with Gasteiger partial charge >= 0.3 is 0 Å². The summed E-state index contributed by atoms with van der Waals surface area (Å²) in [7, 11) is 0. The summed E-state index contributed by atoms with van der Waals surface area (Å²) >= 11 is 3.49. The number of thioether (sulfide) groups is 1. The topological polar surface area (TPSA) is 25.8 Å². The van der Waals surface area contributed by atoms with Crippen LogP contribution in [0.3, 0.4) is 0 Å². The van der Waals surface area contributed by atoms with Crippen molar-refractivity contribution in [2.24, 2.45) is 0 Å². The van der Waals surface area contributed by atoms with E-state index in [0.717, 1.165) is 10.9 Å². The molecule has 0 amide bonds. The van der Waals surface area contributed by atoms with Gasteiger partial charge in [0, 0.05) is 10.3 Å². The molecule has 2 nitrogen and oxygen atoms in total. The predicted octanol–water partition coefficient (Wildman–Crippen LogP) is 3.21. The van der Waals surface area contributed by atoms with E-state index in [2.05, 4.69) is 16.9 Å². The van der Waals surface area contributed by atoms with Crippen molar-refractivity contribution in [2.75, 3.05) is 6.26 Å². The molecule has 3 rings (SSSR count). The molecule has 1 aliphatic carbocycles. The lowest BCUT2D eigenvalue weighted by Crippen LogP contribution is -1.91. The Morgan fingerprint density at radius 1 is 1.27 bits per heavy atom. The number of thiophene rings is 1. The third-order valence-corrected chi connectivity index (χ3v) is 4.64. The Labute approximate surface area is 97.1 Å². The number of aryl methyl sites for hydroxylation is 3. The van der Waals surface area contributed by atoms with Gasteiger partial charge in [-0.1, -0.05) is 11.8 Å². The van der Waals surface area contributed by atoms with Gasteiger partial charge in [-0.25, -0.2) is 9.97 Å². The first kappa shape index (κ1) is 9.60. The zero-order valence-electron chi connectivity index (χ0n) is 8.83. The van der Waals surface area contributed by atoms with Crippen LogP contribution in [-0.4, -0.2) is 16.2 Å². The van der Waals surface area contributed by atoms with Gasteiger partial charge in [-0.05, 0) is 38.0 Å². The molecular formula is C11H12N2S2. The number of hydrogen-bond acceptors (Lipinski definition) is 4. The Kier molecular flexibility index (Phi) is 2.21. The molecule has 0 saturated carbocycles. The largest absolute Gasteiger partial charge is 0.227 e. The van der Waals surface area contributed by atoms with Gasteiger partial charge in [0.25, 0.3) is 0 Å². The van der Waals surface area contributed by atoms with Gasteiger partial charge in [-0.3, -0.25) is 0 Å². The molecule has 1 aliphatic rings. The Morgan fingerprint density at radius 3 is 2.93 bits per heavy atom. The van der Waals surface area contributed by atoms with Crippen molar-refractivity contribution >= 4 is 33.3 Å². The number of nitrogens with zero attached hydrogens (tertiary/aromatic N) is 2. The third-order valence-electron chi connectivity index (χ3n) is 2.91. The summed E-state index contributed by atoms with van der Waals surface area (Å²) in [6.07, 6.45) is 5.80. The fourth-order valence-corrected chi connectivity index (χ4v) is 4.03. The van der Waals surface area contributed by atoms with Gasteiger partial charge in [0.1, 0.15) is 4.83 Å². The Bertz CT molecular complexity index is 531. The van der Waals surface area contributed by atoms with Crippen molar-refractivity contribution in [1.29, 1.82) is 0 Å². The summed E-state index contributed by atoms with van der Waals surface area (Å²) in [5, 5.41) is 2.24. The van der Waals surface area contributed by atoms with Crippen LogP contribution in [0, 0.1) is 6.92 Å². The first-order valence-electron chi connectivity index (χ1n) is 5.12. The summed E-state index contributed by atoms with van der Waals surface area (Å²) in [6, 6.07) is 0. The summed E-state index contributed by atoms with van der Waals surface area (Å²) in [5.41, 5.74) is 2.68. The molecular weight excluding hydrogens is 224 g/mol. The molecule has 0 aromatic carbocycles. The fourth-order valence-electron chi connectivity index (χ4n) is 2.24. The molecule has 0 N–H and O–H groups in total. The monoisotopic (exact) mass is 236 g/mol. The molecule has 2 aromatic heterocycles. The predicted molar refractivity (Wildman–Crippen MR) is 66.0 cm³/mol. The molecule has 0 radical (unpaired) electrons. The molecule has 0 spiro atoms. The molecule has 2 aromatic rings. The Balaban J connectivity index is 2.34. The van der Waals surface area contributed by atoms with E-state index in [1.165, 1.54) is 35.0 Å². The lowest BCUT2D eigenvalue weighted by molar-refractivity contribution is 0.913. The van der Waals surface area contributed by atoms with Crippen molar-refractivity contribution < 1.29 is 0 Å². The van der Waals surface area contributed by atoms with Crippen LogP contribution in [0.25, 0.3) is 10.2 Å². The minimum atomic E-state index is 0.903. The molecule has 0 bridgehead atoms. The van der Waals surface area contributed by atoms with Crippen LogP contribution in [-0.2, 0) is 12.8 Å². The molecule has 2 heterocycles. The Morgan fingerprint density at radius 2 is 2.13 bits per heavy atom. The number of fused-ring (bicyclic) bond motifs is 3. The zero-order valence-corrected chi connectivity index (χ0v) is 10.5. The maximum Gasteiger partial charge on any atom is 0.188 e. The van der Waals surface area contributed by atoms with Crippen molar-refractivity contribution in [3.05, 3.63) is 16.1 Å². The van der Waals surface area contributed by atoms with E-state index in [1.54, 1.807) is 16.6 Å². The summed E-state index contributed by atoms with van der Waals surface area (Å²) < 4.78 is 0. The van der Waals surface area contributed by atoms with Gasteiger partial charge in [0.2, 0.25) is 0 Å². The van der Waals surface area contributed by atoms with Crippen LogP contribution in [0.1, 0.15) is 22.6 Å². The second kappa shape index (κ2) is 3.46. The molecule has 0 aliphatic heterocycles. The van der Waals surface area contributed by atoms with Gasteiger partial charge in [0.05, 0.1) is 5.69 Å². The van der Waals surface area contributed by atoms with E-state index in [1.807, 2.05) is 17.6 Å². The van der Waals surface area contributed by atoms with Crippen LogP contribution >= 0.6 is 23.1 Å². The van der Waals surface area contributed by atoms with E-state index in [0.29, 0.717) is 0 Å². The minimum absolute atomic E-state index is 0.903. The quantitative estimate of drug-likeness (QED) is 0.561. The van der Waals surface area contributed by atoms with E-state index in [4.69, 9.17) is 0 Å². The van der Waals surface area contributed by atoms with Gasteiger partial charge in [-0.15, -0.1) is 11.3 Å². The molecule has 0 saturated heterocycles. The lowest BCUT2D eigenvalue weighted by atomic mass is 10.1. The third kappa shape index (κ3) is 1.39. The van der Waals surface area contributed by atoms with E-state index >= 15 is 0 Å². The highest BCUT2D eigenvalue weighted by atomic mass is 32.2. The van der Waals surface area contributed by atoms with Crippen LogP contribution in [0.2, 0.25) is 0 Å². The highest BCUT2D eigenvalue weighted by Crippen LogP contribution is 2.38. The summed E-state index contributed by atoms with van der Waals surface area (Å²) in [4.78, 5) is 11.8. The lowest BCUT2D eigenvalue weighted by Gasteiger charge is -2.00. The zero-order chi connectivity index (χ0) is 10.4. The second-order valence-electron chi connectivity index (χ2n) is 3.83. The minimum Gasteiger partial charge on any atom is -0.227 e. The van der Waals surface area contributed by atoms with Crippen LogP contribution in [0.15, 0.2) is 5.16 Å². The van der Waals surface area contributed by atoms with Crippen LogP contribution < -0.4 is 0 Å². The number of hydrogen-bond donors (Lipinski definition) is 0. The molecule has 78 valence electrons. The second-order valence-corrected chi connectivity index (χ2v) is 5.69. The van der Waals surface area contributed by atoms with Crippen molar-refractivity contribution in [3.8, 4) is 0 Å². The molecule has 0 atom stereocenters. The van der Waals surface area contributed by atoms with E-state index < -0.39 is 0 Å². The molecule has 0 fully saturated rings. The molecule has 0 unspecified atom stereocenters. The van der Waals surface area contributed by atoms with E-state index in [9.17, 15) is 0 Å². The van der Waals surface area contributed by atoms with E-state index in [-0.39, 0.29) is 0 Å². The number of rotatable bonds is 1. The molecule has 15 heavy (non-hydrogen) atoms. The standard InChI is InChI=1S/C11H12N2S2/c1-6-9-7-4-3-5-8(7)15-10(9)13-11(12-6)14-2/h3-5H2,1-2H3. The average Bonchev–Trinajstić information content (AvgIpc) is 2.75. The van der Waals surface area contributed by atoms with Gasteiger partial charge in [0.15, 0.2) is 5.16 Å². The maximum absolute atomic E-state index is 4.59. The average molecular weight is 236 g/mol.